The third-order valence-corrected chi connectivity index (χ3v) is 7.34. The number of hydrogen-bond acceptors (Lipinski definition) is 6. The number of alkyl carbamates (subject to hydrolysis) is 1. The van der Waals surface area contributed by atoms with Crippen molar-refractivity contribution in [3.05, 3.63) is 95.1 Å². The molecule has 41 heavy (non-hydrogen) atoms. The molecular weight excluding hydrogens is 517 g/mol. The molecule has 1 fully saturated rings. The van der Waals surface area contributed by atoms with Gasteiger partial charge in [-0.05, 0) is 85.9 Å². The summed E-state index contributed by atoms with van der Waals surface area (Å²) < 4.78 is 5.32. The Labute approximate surface area is 243 Å². The minimum absolute atomic E-state index is 0.0294. The number of nitrogens with zero attached hydrogens (tertiary/aromatic N) is 2. The Morgan fingerprint density at radius 3 is 2.34 bits per heavy atom. The Bertz CT molecular complexity index is 1330. The van der Waals surface area contributed by atoms with Crippen molar-refractivity contribution in [3.8, 4) is 0 Å². The summed E-state index contributed by atoms with van der Waals surface area (Å²) in [5.41, 5.74) is 4.62. The highest BCUT2D eigenvalue weighted by Gasteiger charge is 2.25. The largest absolute Gasteiger partial charge is 0.488 e. The van der Waals surface area contributed by atoms with Crippen LogP contribution in [0.25, 0.3) is 0 Å². The van der Waals surface area contributed by atoms with E-state index < -0.39 is 18.8 Å². The van der Waals surface area contributed by atoms with Crippen molar-refractivity contribution in [1.82, 2.24) is 10.2 Å². The van der Waals surface area contributed by atoms with E-state index in [-0.39, 0.29) is 5.91 Å². The fraction of sp³-hybridized carbons (Fsp3) is 0.375. The molecule has 0 unspecified atom stereocenters. The first-order valence-corrected chi connectivity index (χ1v) is 14.1. The van der Waals surface area contributed by atoms with Crippen LogP contribution in [0.5, 0.6) is 0 Å². The number of likely N-dealkylation sites (tertiary alicyclic amines) is 1. The number of anilines is 1. The Hall–Kier alpha value is -3.82. The van der Waals surface area contributed by atoms with Gasteiger partial charge >= 0.3 is 13.2 Å². The first kappa shape index (κ1) is 30.2. The summed E-state index contributed by atoms with van der Waals surface area (Å²) in [4.78, 5) is 29.2. The van der Waals surface area contributed by atoms with Gasteiger partial charge in [0.25, 0.3) is 5.91 Å². The predicted octanol–water partition coefficient (Wildman–Crippen LogP) is 4.05. The van der Waals surface area contributed by atoms with E-state index in [4.69, 9.17) is 4.74 Å². The summed E-state index contributed by atoms with van der Waals surface area (Å²) in [7, 11) is 0.416. The highest BCUT2D eigenvalue weighted by atomic mass is 16.6. The molecule has 0 aromatic heterocycles. The van der Waals surface area contributed by atoms with Crippen molar-refractivity contribution in [2.24, 2.45) is 0 Å². The molecule has 0 spiro atoms. The van der Waals surface area contributed by atoms with Crippen LogP contribution in [0.15, 0.2) is 72.8 Å². The number of nitrogens with one attached hydrogen (secondary N) is 1. The summed E-state index contributed by atoms with van der Waals surface area (Å²) in [5.74, 6) is 0.388. The first-order chi connectivity index (χ1) is 19.5. The molecule has 8 nitrogen and oxygen atoms in total. The van der Waals surface area contributed by atoms with E-state index in [2.05, 4.69) is 17.4 Å². The number of carbonyl (C=O) groups excluding carboxylic acids is 2. The molecule has 1 heterocycles. The molecule has 4 rings (SSSR count). The predicted molar refractivity (Wildman–Crippen MR) is 162 cm³/mol. The molecule has 0 atom stereocenters. The van der Waals surface area contributed by atoms with Crippen LogP contribution in [0, 0.1) is 0 Å². The zero-order valence-corrected chi connectivity index (χ0v) is 24.3. The average Bonchev–Trinajstić information content (AvgIpc) is 2.95. The van der Waals surface area contributed by atoms with Gasteiger partial charge in [-0.1, -0.05) is 48.5 Å². The number of rotatable bonds is 8. The normalized spacial score (nSPS) is 14.0. The molecule has 1 aliphatic heterocycles. The van der Waals surface area contributed by atoms with Crippen molar-refractivity contribution in [1.29, 1.82) is 0 Å². The van der Waals surface area contributed by atoms with Crippen LogP contribution < -0.4 is 15.7 Å². The van der Waals surface area contributed by atoms with Gasteiger partial charge in [0.15, 0.2) is 0 Å². The van der Waals surface area contributed by atoms with Crippen LogP contribution in [0.1, 0.15) is 66.6 Å². The van der Waals surface area contributed by atoms with Crippen molar-refractivity contribution < 1.29 is 24.4 Å². The zero-order chi connectivity index (χ0) is 29.6. The molecule has 3 aromatic carbocycles. The van der Waals surface area contributed by atoms with E-state index >= 15 is 0 Å². The minimum Gasteiger partial charge on any atom is -0.444 e. The van der Waals surface area contributed by atoms with Gasteiger partial charge in [0, 0.05) is 44.5 Å². The second kappa shape index (κ2) is 13.2. The van der Waals surface area contributed by atoms with Gasteiger partial charge in [0.2, 0.25) is 0 Å². The fourth-order valence-electron chi connectivity index (χ4n) is 5.18. The molecule has 216 valence electrons. The van der Waals surface area contributed by atoms with Crippen LogP contribution in [0.2, 0.25) is 0 Å². The smallest absolute Gasteiger partial charge is 0.444 e. The number of ether oxygens (including phenoxy) is 1. The second-order valence-electron chi connectivity index (χ2n) is 11.6. The Morgan fingerprint density at radius 1 is 1.00 bits per heavy atom. The highest BCUT2D eigenvalue weighted by molar-refractivity contribution is 6.59. The molecule has 2 amide bonds. The van der Waals surface area contributed by atoms with Crippen LogP contribution in [-0.2, 0) is 17.8 Å². The molecule has 0 saturated carbocycles. The Balaban J connectivity index is 1.30. The maximum Gasteiger partial charge on any atom is 0.488 e. The SMILES string of the molecule is CN(Cc1ccccc1B(O)O)c1ccc(C(=O)N2CCC(c3cccc(CNC(=O)OC(C)(C)C)c3)CC2)cc1. The number of benzene rings is 3. The molecular formula is C32H40BN3O5. The molecule has 1 saturated heterocycles. The lowest BCUT2D eigenvalue weighted by molar-refractivity contribution is 0.0523. The van der Waals surface area contributed by atoms with Crippen molar-refractivity contribution >= 4 is 30.3 Å². The Morgan fingerprint density at radius 2 is 1.68 bits per heavy atom. The van der Waals surface area contributed by atoms with Crippen molar-refractivity contribution in [3.63, 3.8) is 0 Å². The average molecular weight is 558 g/mol. The van der Waals surface area contributed by atoms with Crippen molar-refractivity contribution in [2.75, 3.05) is 25.0 Å². The number of amides is 2. The number of carbonyl (C=O) groups is 2. The van der Waals surface area contributed by atoms with Gasteiger partial charge in [-0.2, -0.15) is 0 Å². The lowest BCUT2D eigenvalue weighted by atomic mass is 9.77. The van der Waals surface area contributed by atoms with Crippen LogP contribution >= 0.6 is 0 Å². The second-order valence-corrected chi connectivity index (χ2v) is 11.6. The molecule has 0 aliphatic carbocycles. The number of hydrogen-bond donors (Lipinski definition) is 3. The van der Waals surface area contributed by atoms with Gasteiger partial charge in [0.1, 0.15) is 5.60 Å². The summed E-state index contributed by atoms with van der Waals surface area (Å²) >= 11 is 0. The molecule has 3 N–H and O–H groups in total. The molecule has 0 bridgehead atoms. The molecule has 3 aromatic rings. The monoisotopic (exact) mass is 557 g/mol. The third kappa shape index (κ3) is 8.34. The molecule has 9 heteroatoms. The van der Waals surface area contributed by atoms with Gasteiger partial charge in [-0.3, -0.25) is 4.79 Å². The third-order valence-electron chi connectivity index (χ3n) is 7.34. The standard InChI is InChI=1S/C32H40BN3O5/c1-32(2,3)41-31(38)34-21-23-8-7-10-26(20-23)24-16-18-36(19-17-24)30(37)25-12-14-28(15-13-25)35(4)22-27-9-5-6-11-29(27)33(39)40/h5-15,20,24,39-40H,16-19,21-22H2,1-4H3,(H,34,38). The van der Waals surface area contributed by atoms with Gasteiger partial charge in [-0.25, -0.2) is 4.79 Å². The van der Waals surface area contributed by atoms with Gasteiger partial charge in [0.05, 0.1) is 0 Å². The van der Waals surface area contributed by atoms with Gasteiger partial charge in [-0.15, -0.1) is 0 Å². The summed E-state index contributed by atoms with van der Waals surface area (Å²) in [5, 5.41) is 22.1. The fourth-order valence-corrected chi connectivity index (χ4v) is 5.18. The van der Waals surface area contributed by atoms with E-state index in [9.17, 15) is 19.6 Å². The number of piperidine rings is 1. The van der Waals surface area contributed by atoms with E-state index in [1.807, 2.05) is 86.1 Å². The minimum atomic E-state index is -1.52. The summed E-state index contributed by atoms with van der Waals surface area (Å²) in [6, 6.07) is 23.1. The van der Waals surface area contributed by atoms with E-state index in [1.54, 1.807) is 12.1 Å². The van der Waals surface area contributed by atoms with Crippen LogP contribution in [-0.4, -0.2) is 59.8 Å². The van der Waals surface area contributed by atoms with Crippen LogP contribution in [0.4, 0.5) is 10.5 Å². The van der Waals surface area contributed by atoms with Crippen LogP contribution in [0.3, 0.4) is 0 Å². The maximum absolute atomic E-state index is 13.2. The first-order valence-electron chi connectivity index (χ1n) is 14.1. The lowest BCUT2D eigenvalue weighted by Gasteiger charge is -2.32. The van der Waals surface area contributed by atoms with E-state index in [1.165, 1.54) is 5.56 Å². The van der Waals surface area contributed by atoms with Gasteiger partial charge < -0.3 is 29.9 Å². The topological polar surface area (TPSA) is 102 Å². The summed E-state index contributed by atoms with van der Waals surface area (Å²) in [6.45, 7) is 7.80. The molecule has 1 aliphatic rings. The summed E-state index contributed by atoms with van der Waals surface area (Å²) in [6.07, 6.45) is 1.33. The maximum atomic E-state index is 13.2. The van der Waals surface area contributed by atoms with E-state index in [0.717, 1.165) is 29.7 Å². The Kier molecular flexibility index (Phi) is 9.73. The lowest BCUT2D eigenvalue weighted by Crippen LogP contribution is -2.38. The van der Waals surface area contributed by atoms with Crippen molar-refractivity contribution in [2.45, 2.75) is 58.2 Å². The van der Waals surface area contributed by atoms with E-state index in [0.29, 0.717) is 43.1 Å². The highest BCUT2D eigenvalue weighted by Crippen LogP contribution is 2.29. The molecule has 0 radical (unpaired) electrons. The zero-order valence-electron chi connectivity index (χ0n) is 24.3. The quantitative estimate of drug-likeness (QED) is 0.362.